The van der Waals surface area contributed by atoms with Crippen LogP contribution in [0.3, 0.4) is 0 Å². The molecular weight excluding hydrogens is 304 g/mol. The highest BCUT2D eigenvalue weighted by atomic mass is 15.2. The monoisotopic (exact) mass is 344 g/mol. The van der Waals surface area contributed by atoms with Crippen molar-refractivity contribution >= 4 is 0 Å². The van der Waals surface area contributed by atoms with Crippen molar-refractivity contribution in [2.24, 2.45) is 11.7 Å². The summed E-state index contributed by atoms with van der Waals surface area (Å²) in [6, 6.07) is 10.5. The van der Waals surface area contributed by atoms with Crippen molar-refractivity contribution in [3.05, 3.63) is 35.4 Å². The first-order valence-electron chi connectivity index (χ1n) is 10.4. The molecule has 0 spiro atoms. The van der Waals surface area contributed by atoms with E-state index >= 15 is 0 Å². The lowest BCUT2D eigenvalue weighted by molar-refractivity contribution is 0.117. The van der Waals surface area contributed by atoms with E-state index in [0.29, 0.717) is 12.1 Å². The van der Waals surface area contributed by atoms with Gasteiger partial charge in [0.05, 0.1) is 0 Å². The summed E-state index contributed by atoms with van der Waals surface area (Å²) < 4.78 is 0. The third-order valence-corrected chi connectivity index (χ3v) is 6.11. The summed E-state index contributed by atoms with van der Waals surface area (Å²) in [6.07, 6.45) is 7.47. The highest BCUT2D eigenvalue weighted by molar-refractivity contribution is 5.27. The second-order valence-corrected chi connectivity index (χ2v) is 9.13. The van der Waals surface area contributed by atoms with Crippen LogP contribution in [0.25, 0.3) is 0 Å². The molecule has 2 heteroatoms. The van der Waals surface area contributed by atoms with Crippen LogP contribution in [0.4, 0.5) is 0 Å². The summed E-state index contributed by atoms with van der Waals surface area (Å²) in [5, 5.41) is 0. The molecule has 0 saturated heterocycles. The van der Waals surface area contributed by atoms with Gasteiger partial charge in [-0.3, -0.25) is 4.90 Å². The Kier molecular flexibility index (Phi) is 7.51. The van der Waals surface area contributed by atoms with Crippen LogP contribution in [-0.4, -0.2) is 23.5 Å². The molecular formula is C23H40N2. The number of rotatable bonds is 7. The molecule has 1 fully saturated rings. The lowest BCUT2D eigenvalue weighted by atomic mass is 9.86. The Labute approximate surface area is 156 Å². The van der Waals surface area contributed by atoms with E-state index in [9.17, 15) is 0 Å². The van der Waals surface area contributed by atoms with Crippen molar-refractivity contribution in [3.63, 3.8) is 0 Å². The van der Waals surface area contributed by atoms with Gasteiger partial charge in [0.1, 0.15) is 0 Å². The number of hydrogen-bond acceptors (Lipinski definition) is 2. The van der Waals surface area contributed by atoms with E-state index in [1.54, 1.807) is 0 Å². The first kappa shape index (κ1) is 20.5. The second-order valence-electron chi connectivity index (χ2n) is 9.13. The van der Waals surface area contributed by atoms with E-state index in [1.165, 1.54) is 56.2 Å². The molecule has 1 aromatic rings. The Bertz CT molecular complexity index is 488. The maximum absolute atomic E-state index is 6.14. The average molecular weight is 345 g/mol. The minimum atomic E-state index is 0.229. The largest absolute Gasteiger partial charge is 0.328 e. The van der Waals surface area contributed by atoms with Crippen LogP contribution in [0.2, 0.25) is 0 Å². The second kappa shape index (κ2) is 9.19. The van der Waals surface area contributed by atoms with Gasteiger partial charge in [0.15, 0.2) is 0 Å². The standard InChI is InChI=1S/C23H40N2/c1-6-18(7-2)16-25(22-14-12-21(24)13-15-22)17-19-8-10-20(11-9-19)23(3,4)5/h8-11,18,21-22H,6-7,12-17,24H2,1-5H3. The quantitative estimate of drug-likeness (QED) is 0.708. The normalized spacial score (nSPS) is 21.9. The molecule has 2 nitrogen and oxygen atoms in total. The van der Waals surface area contributed by atoms with Crippen LogP contribution in [0.5, 0.6) is 0 Å². The van der Waals surface area contributed by atoms with E-state index in [0.717, 1.165) is 12.5 Å². The van der Waals surface area contributed by atoms with Gasteiger partial charge in [0, 0.05) is 25.2 Å². The first-order chi connectivity index (χ1) is 11.8. The van der Waals surface area contributed by atoms with Crippen molar-refractivity contribution in [1.29, 1.82) is 0 Å². The van der Waals surface area contributed by atoms with Gasteiger partial charge in [-0.15, -0.1) is 0 Å². The Balaban J connectivity index is 2.09. The van der Waals surface area contributed by atoms with Crippen molar-refractivity contribution < 1.29 is 0 Å². The number of nitrogens with two attached hydrogens (primary N) is 1. The molecule has 1 aliphatic carbocycles. The fraction of sp³-hybridized carbons (Fsp3) is 0.739. The lowest BCUT2D eigenvalue weighted by Crippen LogP contribution is -2.42. The van der Waals surface area contributed by atoms with Gasteiger partial charge < -0.3 is 5.73 Å². The Hall–Kier alpha value is -0.860. The topological polar surface area (TPSA) is 29.3 Å². The van der Waals surface area contributed by atoms with Crippen LogP contribution in [-0.2, 0) is 12.0 Å². The molecule has 1 aliphatic rings. The molecule has 2 N–H and O–H groups in total. The Morgan fingerprint density at radius 3 is 2.04 bits per heavy atom. The van der Waals surface area contributed by atoms with Gasteiger partial charge in [-0.25, -0.2) is 0 Å². The van der Waals surface area contributed by atoms with E-state index < -0.39 is 0 Å². The molecule has 0 amide bonds. The zero-order valence-corrected chi connectivity index (χ0v) is 17.2. The molecule has 0 aliphatic heterocycles. The summed E-state index contributed by atoms with van der Waals surface area (Å²) in [5.74, 6) is 0.810. The summed E-state index contributed by atoms with van der Waals surface area (Å²) in [7, 11) is 0. The molecule has 1 aromatic carbocycles. The molecule has 0 atom stereocenters. The third-order valence-electron chi connectivity index (χ3n) is 6.11. The van der Waals surface area contributed by atoms with Crippen LogP contribution < -0.4 is 5.73 Å². The number of nitrogens with zero attached hydrogens (tertiary/aromatic N) is 1. The predicted molar refractivity (Wildman–Crippen MR) is 110 cm³/mol. The van der Waals surface area contributed by atoms with Gasteiger partial charge in [-0.2, -0.15) is 0 Å². The SMILES string of the molecule is CCC(CC)CN(Cc1ccc(C(C)(C)C)cc1)C1CCC(N)CC1. The highest BCUT2D eigenvalue weighted by Gasteiger charge is 2.26. The minimum absolute atomic E-state index is 0.229. The average Bonchev–Trinajstić information content (AvgIpc) is 2.59. The van der Waals surface area contributed by atoms with Crippen molar-refractivity contribution in [2.75, 3.05) is 6.54 Å². The van der Waals surface area contributed by atoms with Gasteiger partial charge in [-0.05, 0) is 48.1 Å². The van der Waals surface area contributed by atoms with Crippen molar-refractivity contribution in [2.45, 2.75) is 97.2 Å². The predicted octanol–water partition coefficient (Wildman–Crippen LogP) is 5.49. The van der Waals surface area contributed by atoms with Gasteiger partial charge in [0.25, 0.3) is 0 Å². The van der Waals surface area contributed by atoms with Gasteiger partial charge >= 0.3 is 0 Å². The third kappa shape index (κ3) is 6.11. The van der Waals surface area contributed by atoms with E-state index in [2.05, 4.69) is 63.8 Å². The van der Waals surface area contributed by atoms with E-state index in [-0.39, 0.29) is 5.41 Å². The molecule has 1 saturated carbocycles. The summed E-state index contributed by atoms with van der Waals surface area (Å²) in [5.41, 5.74) is 9.25. The molecule has 0 radical (unpaired) electrons. The highest BCUT2D eigenvalue weighted by Crippen LogP contribution is 2.27. The molecule has 0 aromatic heterocycles. The van der Waals surface area contributed by atoms with Crippen molar-refractivity contribution in [1.82, 2.24) is 4.90 Å². The number of benzene rings is 1. The minimum Gasteiger partial charge on any atom is -0.328 e. The molecule has 142 valence electrons. The van der Waals surface area contributed by atoms with E-state index in [1.807, 2.05) is 0 Å². The molecule has 0 heterocycles. The summed E-state index contributed by atoms with van der Waals surface area (Å²) in [6.45, 7) is 13.8. The van der Waals surface area contributed by atoms with Gasteiger partial charge in [-0.1, -0.05) is 71.7 Å². The molecule has 2 rings (SSSR count). The Morgan fingerprint density at radius 2 is 1.56 bits per heavy atom. The first-order valence-corrected chi connectivity index (χ1v) is 10.4. The fourth-order valence-corrected chi connectivity index (χ4v) is 4.03. The molecule has 25 heavy (non-hydrogen) atoms. The number of hydrogen-bond donors (Lipinski definition) is 1. The Morgan fingerprint density at radius 1 is 1.00 bits per heavy atom. The van der Waals surface area contributed by atoms with Crippen LogP contribution in [0, 0.1) is 5.92 Å². The smallest absolute Gasteiger partial charge is 0.0236 e. The maximum atomic E-state index is 6.14. The van der Waals surface area contributed by atoms with Crippen molar-refractivity contribution in [3.8, 4) is 0 Å². The lowest BCUT2D eigenvalue weighted by Gasteiger charge is -2.38. The van der Waals surface area contributed by atoms with Crippen LogP contribution in [0.15, 0.2) is 24.3 Å². The van der Waals surface area contributed by atoms with Crippen LogP contribution in [0.1, 0.15) is 84.3 Å². The van der Waals surface area contributed by atoms with E-state index in [4.69, 9.17) is 5.73 Å². The zero-order valence-electron chi connectivity index (χ0n) is 17.2. The van der Waals surface area contributed by atoms with Gasteiger partial charge in [0.2, 0.25) is 0 Å². The van der Waals surface area contributed by atoms with Crippen LogP contribution >= 0.6 is 0 Å². The summed E-state index contributed by atoms with van der Waals surface area (Å²) >= 11 is 0. The fourth-order valence-electron chi connectivity index (χ4n) is 4.03. The maximum Gasteiger partial charge on any atom is 0.0236 e. The molecule has 0 unspecified atom stereocenters. The molecule has 0 bridgehead atoms. The zero-order chi connectivity index (χ0) is 18.4. The summed E-state index contributed by atoms with van der Waals surface area (Å²) in [4.78, 5) is 2.76.